The molecule has 0 aliphatic rings. The van der Waals surface area contributed by atoms with Crippen LogP contribution in [0.1, 0.15) is 31.9 Å². The van der Waals surface area contributed by atoms with Crippen LogP contribution in [0.3, 0.4) is 0 Å². The van der Waals surface area contributed by atoms with Gasteiger partial charge in [0, 0.05) is 24.8 Å². The first-order valence-electron chi connectivity index (χ1n) is 5.70. The van der Waals surface area contributed by atoms with Crippen molar-refractivity contribution in [3.63, 3.8) is 0 Å². The summed E-state index contributed by atoms with van der Waals surface area (Å²) in [4.78, 5) is 2.28. The van der Waals surface area contributed by atoms with Gasteiger partial charge in [-0.2, -0.15) is 5.26 Å². The molecule has 0 aromatic heterocycles. The molecule has 94 valence electrons. The Morgan fingerprint density at radius 1 is 1.24 bits per heavy atom. The maximum atomic E-state index is 8.58. The summed E-state index contributed by atoms with van der Waals surface area (Å²) in [6, 6.07) is 10.1. The van der Waals surface area contributed by atoms with Gasteiger partial charge in [-0.25, -0.2) is 0 Å². The van der Waals surface area contributed by atoms with Crippen LogP contribution in [0, 0.1) is 11.3 Å². The minimum Gasteiger partial charge on any atom is -0.372 e. The van der Waals surface area contributed by atoms with Crippen molar-refractivity contribution in [1.29, 1.82) is 5.26 Å². The van der Waals surface area contributed by atoms with Gasteiger partial charge in [0.2, 0.25) is 0 Å². The zero-order valence-corrected chi connectivity index (χ0v) is 11.2. The minimum atomic E-state index is -0.171. The first-order chi connectivity index (χ1) is 7.72. The number of anilines is 1. The predicted molar refractivity (Wildman–Crippen MR) is 74.4 cm³/mol. The van der Waals surface area contributed by atoms with Gasteiger partial charge in [0.1, 0.15) is 0 Å². The third kappa shape index (κ3) is 4.26. The van der Waals surface area contributed by atoms with Crippen molar-refractivity contribution in [2.24, 2.45) is 5.73 Å². The van der Waals surface area contributed by atoms with Crippen molar-refractivity contribution in [3.8, 4) is 6.07 Å². The number of halogens is 1. The van der Waals surface area contributed by atoms with Crippen LogP contribution in [0.4, 0.5) is 5.69 Å². The van der Waals surface area contributed by atoms with E-state index in [1.54, 1.807) is 0 Å². The van der Waals surface area contributed by atoms with E-state index in [1.807, 2.05) is 12.1 Å². The van der Waals surface area contributed by atoms with Crippen molar-refractivity contribution >= 4 is 18.1 Å². The van der Waals surface area contributed by atoms with Gasteiger partial charge < -0.3 is 10.6 Å². The van der Waals surface area contributed by atoms with E-state index in [2.05, 4.69) is 36.9 Å². The van der Waals surface area contributed by atoms with E-state index in [1.165, 1.54) is 5.69 Å². The van der Waals surface area contributed by atoms with Gasteiger partial charge in [0.05, 0.1) is 12.5 Å². The van der Waals surface area contributed by atoms with E-state index in [-0.39, 0.29) is 18.4 Å². The van der Waals surface area contributed by atoms with E-state index in [4.69, 9.17) is 11.0 Å². The van der Waals surface area contributed by atoms with Crippen molar-refractivity contribution in [2.75, 3.05) is 18.0 Å². The average molecular weight is 254 g/mol. The number of rotatable bonds is 5. The van der Waals surface area contributed by atoms with Crippen LogP contribution in [0.5, 0.6) is 0 Å². The number of hydrogen-bond acceptors (Lipinski definition) is 3. The lowest BCUT2D eigenvalue weighted by molar-refractivity contribution is 0.748. The molecule has 0 aliphatic heterocycles. The van der Waals surface area contributed by atoms with Crippen LogP contribution in [-0.2, 0) is 0 Å². The fourth-order valence-electron chi connectivity index (χ4n) is 1.74. The summed E-state index contributed by atoms with van der Waals surface area (Å²) < 4.78 is 0. The molecule has 17 heavy (non-hydrogen) atoms. The van der Waals surface area contributed by atoms with E-state index in [0.717, 1.165) is 18.7 Å². The van der Waals surface area contributed by atoms with Crippen LogP contribution >= 0.6 is 12.4 Å². The SMILES string of the molecule is CCN(CC)c1ccc([C@@H](N)CC#N)cc1.Cl. The van der Waals surface area contributed by atoms with Gasteiger partial charge in [-0.05, 0) is 31.5 Å². The molecular weight excluding hydrogens is 234 g/mol. The minimum absolute atomic E-state index is 0. The Balaban J connectivity index is 0.00000256. The second-order valence-electron chi connectivity index (χ2n) is 3.73. The summed E-state index contributed by atoms with van der Waals surface area (Å²) >= 11 is 0. The highest BCUT2D eigenvalue weighted by molar-refractivity contribution is 5.85. The van der Waals surface area contributed by atoms with Gasteiger partial charge in [-0.15, -0.1) is 12.4 Å². The Morgan fingerprint density at radius 3 is 2.18 bits per heavy atom. The van der Waals surface area contributed by atoms with Crippen LogP contribution in [-0.4, -0.2) is 13.1 Å². The Labute approximate surface area is 110 Å². The molecule has 0 unspecified atom stereocenters. The molecule has 2 N–H and O–H groups in total. The summed E-state index contributed by atoms with van der Waals surface area (Å²) in [5, 5.41) is 8.58. The lowest BCUT2D eigenvalue weighted by Gasteiger charge is -2.21. The molecular formula is C13H20ClN3. The molecule has 0 radical (unpaired) electrons. The van der Waals surface area contributed by atoms with Crippen molar-refractivity contribution in [2.45, 2.75) is 26.3 Å². The first-order valence-corrected chi connectivity index (χ1v) is 5.70. The van der Waals surface area contributed by atoms with Crippen LogP contribution < -0.4 is 10.6 Å². The highest BCUT2D eigenvalue weighted by Crippen LogP contribution is 2.19. The van der Waals surface area contributed by atoms with E-state index >= 15 is 0 Å². The number of benzene rings is 1. The molecule has 1 aromatic rings. The molecule has 0 aliphatic carbocycles. The molecule has 0 heterocycles. The number of nitriles is 1. The molecule has 1 aromatic carbocycles. The van der Waals surface area contributed by atoms with Gasteiger partial charge in [-0.3, -0.25) is 0 Å². The number of hydrogen-bond donors (Lipinski definition) is 1. The van der Waals surface area contributed by atoms with Crippen molar-refractivity contribution in [3.05, 3.63) is 29.8 Å². The second kappa shape index (κ2) is 7.94. The quantitative estimate of drug-likeness (QED) is 0.878. The second-order valence-corrected chi connectivity index (χ2v) is 3.73. The lowest BCUT2D eigenvalue weighted by atomic mass is 10.0. The predicted octanol–water partition coefficient (Wildman–Crippen LogP) is 2.87. The third-order valence-corrected chi connectivity index (χ3v) is 2.76. The molecule has 3 nitrogen and oxygen atoms in total. The van der Waals surface area contributed by atoms with E-state index < -0.39 is 0 Å². The molecule has 4 heteroatoms. The monoisotopic (exact) mass is 253 g/mol. The standard InChI is InChI=1S/C13H19N3.ClH/c1-3-16(4-2)12-7-5-11(6-8-12)13(15)9-10-14;/h5-8,13H,3-4,9,15H2,1-2H3;1H/t13-;/m0./s1. The first kappa shape index (κ1) is 15.8. The van der Waals surface area contributed by atoms with Crippen LogP contribution in [0.2, 0.25) is 0 Å². The molecule has 0 amide bonds. The van der Waals surface area contributed by atoms with Gasteiger partial charge in [0.25, 0.3) is 0 Å². The Kier molecular flexibility index (Phi) is 7.36. The Hall–Kier alpha value is -1.24. The van der Waals surface area contributed by atoms with Crippen molar-refractivity contribution < 1.29 is 0 Å². The molecule has 0 saturated heterocycles. The Morgan fingerprint density at radius 2 is 1.76 bits per heavy atom. The zero-order chi connectivity index (χ0) is 12.0. The zero-order valence-electron chi connectivity index (χ0n) is 10.4. The number of nitrogens with two attached hydrogens (primary N) is 1. The largest absolute Gasteiger partial charge is 0.372 e. The number of nitrogens with zero attached hydrogens (tertiary/aromatic N) is 2. The maximum Gasteiger partial charge on any atom is 0.0641 e. The molecule has 1 rings (SSSR count). The third-order valence-electron chi connectivity index (χ3n) is 2.76. The average Bonchev–Trinajstić information content (AvgIpc) is 2.32. The molecule has 0 spiro atoms. The fourth-order valence-corrected chi connectivity index (χ4v) is 1.74. The van der Waals surface area contributed by atoms with Crippen LogP contribution in [0.25, 0.3) is 0 Å². The molecule has 0 bridgehead atoms. The van der Waals surface area contributed by atoms with Crippen molar-refractivity contribution in [1.82, 2.24) is 0 Å². The molecule has 0 saturated carbocycles. The summed E-state index contributed by atoms with van der Waals surface area (Å²) in [6.07, 6.45) is 0.366. The smallest absolute Gasteiger partial charge is 0.0641 e. The topological polar surface area (TPSA) is 53.0 Å². The molecule has 1 atom stereocenters. The van der Waals surface area contributed by atoms with Crippen LogP contribution in [0.15, 0.2) is 24.3 Å². The normalized spacial score (nSPS) is 11.2. The Bertz CT molecular complexity index is 352. The molecule has 0 fully saturated rings. The highest BCUT2D eigenvalue weighted by Gasteiger charge is 2.06. The maximum absolute atomic E-state index is 8.58. The van der Waals surface area contributed by atoms with Gasteiger partial charge >= 0.3 is 0 Å². The summed E-state index contributed by atoms with van der Waals surface area (Å²) in [5.41, 5.74) is 8.09. The summed E-state index contributed by atoms with van der Waals surface area (Å²) in [7, 11) is 0. The van der Waals surface area contributed by atoms with E-state index in [0.29, 0.717) is 6.42 Å². The van der Waals surface area contributed by atoms with Gasteiger partial charge in [0.15, 0.2) is 0 Å². The fraction of sp³-hybridized carbons (Fsp3) is 0.462. The highest BCUT2D eigenvalue weighted by atomic mass is 35.5. The summed E-state index contributed by atoms with van der Waals surface area (Å²) in [6.45, 7) is 6.28. The van der Waals surface area contributed by atoms with E-state index in [9.17, 15) is 0 Å². The summed E-state index contributed by atoms with van der Waals surface area (Å²) in [5.74, 6) is 0. The lowest BCUT2D eigenvalue weighted by Crippen LogP contribution is -2.21. The van der Waals surface area contributed by atoms with Gasteiger partial charge in [-0.1, -0.05) is 12.1 Å².